The molecule has 0 atom stereocenters. The van der Waals surface area contributed by atoms with Crippen molar-refractivity contribution in [3.63, 3.8) is 0 Å². The minimum absolute atomic E-state index is 0.221. The zero-order valence-corrected chi connectivity index (χ0v) is 18.0. The van der Waals surface area contributed by atoms with Crippen LogP contribution in [0.5, 0.6) is 0 Å². The van der Waals surface area contributed by atoms with Gasteiger partial charge in [-0.2, -0.15) is 0 Å². The Morgan fingerprint density at radius 1 is 1.10 bits per heavy atom. The third-order valence-corrected chi connectivity index (χ3v) is 5.46. The monoisotopic (exact) mass is 395 g/mol. The molecule has 1 amide bonds. The zero-order valence-electron chi connectivity index (χ0n) is 18.0. The van der Waals surface area contributed by atoms with Crippen LogP contribution in [0.15, 0.2) is 48.8 Å². The molecule has 1 aromatic carbocycles. The minimum Gasteiger partial charge on any atom is -0.444 e. The number of nitrogens with zero attached hydrogens (tertiary/aromatic N) is 2. The molecule has 1 heterocycles. The Labute approximate surface area is 174 Å². The molecule has 0 saturated heterocycles. The highest BCUT2D eigenvalue weighted by atomic mass is 16.6. The van der Waals surface area contributed by atoms with Crippen LogP contribution in [0.4, 0.5) is 4.79 Å². The van der Waals surface area contributed by atoms with Crippen LogP contribution in [0.2, 0.25) is 0 Å². The second-order valence-corrected chi connectivity index (χ2v) is 8.91. The van der Waals surface area contributed by atoms with Crippen LogP contribution in [0.25, 0.3) is 11.1 Å². The molecule has 0 bridgehead atoms. The lowest BCUT2D eigenvalue weighted by Crippen LogP contribution is -2.44. The molecule has 0 unspecified atom stereocenters. The molecule has 1 saturated carbocycles. The van der Waals surface area contributed by atoms with Gasteiger partial charge in [-0.1, -0.05) is 18.2 Å². The summed E-state index contributed by atoms with van der Waals surface area (Å²) in [5.41, 5.74) is 3.24. The maximum Gasteiger partial charge on any atom is 0.410 e. The van der Waals surface area contributed by atoms with Crippen LogP contribution in [0, 0.1) is 0 Å². The Kier molecular flexibility index (Phi) is 6.91. The topological polar surface area (TPSA) is 54.5 Å². The van der Waals surface area contributed by atoms with Gasteiger partial charge in [0.1, 0.15) is 5.60 Å². The zero-order chi connectivity index (χ0) is 20.9. The summed E-state index contributed by atoms with van der Waals surface area (Å²) in [7, 11) is 1.86. The molecule has 0 spiro atoms. The van der Waals surface area contributed by atoms with Gasteiger partial charge in [0.15, 0.2) is 0 Å². The second kappa shape index (κ2) is 9.40. The molecule has 1 N–H and O–H groups in total. The van der Waals surface area contributed by atoms with Gasteiger partial charge in [0.25, 0.3) is 0 Å². The number of amides is 1. The van der Waals surface area contributed by atoms with Crippen LogP contribution in [0.1, 0.15) is 52.0 Å². The van der Waals surface area contributed by atoms with E-state index in [-0.39, 0.29) is 12.1 Å². The normalized spacial score (nSPS) is 19.6. The molecule has 3 rings (SSSR count). The van der Waals surface area contributed by atoms with E-state index in [1.54, 1.807) is 4.90 Å². The Hall–Kier alpha value is -2.40. The SMILES string of the molecule is CN(C(=O)OC(C)(C)C)C1CCC(NCc2cccc(-c3ccncc3)c2)CC1. The van der Waals surface area contributed by atoms with Crippen molar-refractivity contribution in [2.75, 3.05) is 7.05 Å². The van der Waals surface area contributed by atoms with Gasteiger partial charge in [-0.05, 0) is 81.3 Å². The Bertz CT molecular complexity index is 793. The predicted molar refractivity (Wildman–Crippen MR) is 117 cm³/mol. The molecule has 29 heavy (non-hydrogen) atoms. The van der Waals surface area contributed by atoms with Crippen LogP contribution in [-0.2, 0) is 11.3 Å². The van der Waals surface area contributed by atoms with E-state index in [9.17, 15) is 4.79 Å². The number of hydrogen-bond acceptors (Lipinski definition) is 4. The molecule has 156 valence electrons. The van der Waals surface area contributed by atoms with Crippen molar-refractivity contribution < 1.29 is 9.53 Å². The van der Waals surface area contributed by atoms with E-state index < -0.39 is 5.60 Å². The number of ether oxygens (including phenoxy) is 1. The molecule has 5 heteroatoms. The summed E-state index contributed by atoms with van der Waals surface area (Å²) >= 11 is 0. The van der Waals surface area contributed by atoms with Crippen LogP contribution in [-0.4, -0.2) is 40.7 Å². The first kappa shape index (κ1) is 21.3. The molecular weight excluding hydrogens is 362 g/mol. The Balaban J connectivity index is 1.47. The molecule has 5 nitrogen and oxygen atoms in total. The fourth-order valence-corrected chi connectivity index (χ4v) is 3.82. The van der Waals surface area contributed by atoms with Gasteiger partial charge in [0.2, 0.25) is 0 Å². The lowest BCUT2D eigenvalue weighted by atomic mass is 9.90. The third-order valence-electron chi connectivity index (χ3n) is 5.46. The number of carbonyl (C=O) groups is 1. The van der Waals surface area contributed by atoms with Crippen molar-refractivity contribution in [3.05, 3.63) is 54.4 Å². The average molecular weight is 396 g/mol. The van der Waals surface area contributed by atoms with Crippen molar-refractivity contribution in [2.24, 2.45) is 0 Å². The molecule has 1 aliphatic carbocycles. The summed E-state index contributed by atoms with van der Waals surface area (Å²) in [6, 6.07) is 13.5. The van der Waals surface area contributed by atoms with Gasteiger partial charge < -0.3 is 15.0 Å². The number of benzene rings is 1. The van der Waals surface area contributed by atoms with Gasteiger partial charge in [-0.15, -0.1) is 0 Å². The van der Waals surface area contributed by atoms with Gasteiger partial charge >= 0.3 is 6.09 Å². The summed E-state index contributed by atoms with van der Waals surface area (Å²) in [6.45, 7) is 6.58. The quantitative estimate of drug-likeness (QED) is 0.773. The van der Waals surface area contributed by atoms with Crippen molar-refractivity contribution in [3.8, 4) is 11.1 Å². The maximum atomic E-state index is 12.3. The standard InChI is InChI=1S/C24H33N3O2/c1-24(2,3)29-23(28)27(4)22-10-8-21(9-11-22)26-17-18-6-5-7-20(16-18)19-12-14-25-15-13-19/h5-7,12-16,21-22,26H,8-11,17H2,1-4H3. The lowest BCUT2D eigenvalue weighted by molar-refractivity contribution is 0.0179. The van der Waals surface area contributed by atoms with Gasteiger partial charge in [-0.25, -0.2) is 4.79 Å². The molecule has 0 radical (unpaired) electrons. The number of aromatic nitrogens is 1. The number of nitrogens with one attached hydrogen (secondary N) is 1. The summed E-state index contributed by atoms with van der Waals surface area (Å²) in [6.07, 6.45) is 7.58. The molecule has 1 aliphatic rings. The Morgan fingerprint density at radius 3 is 2.45 bits per heavy atom. The van der Waals surface area contributed by atoms with Crippen molar-refractivity contribution in [2.45, 2.75) is 70.7 Å². The highest BCUT2D eigenvalue weighted by molar-refractivity contribution is 5.68. The van der Waals surface area contributed by atoms with E-state index in [2.05, 4.69) is 34.6 Å². The first-order valence-corrected chi connectivity index (χ1v) is 10.5. The van der Waals surface area contributed by atoms with Crippen LogP contribution in [0.3, 0.4) is 0 Å². The maximum absolute atomic E-state index is 12.3. The lowest BCUT2D eigenvalue weighted by Gasteiger charge is -2.35. The second-order valence-electron chi connectivity index (χ2n) is 8.91. The van der Waals surface area contributed by atoms with Crippen molar-refractivity contribution >= 4 is 6.09 Å². The first-order chi connectivity index (χ1) is 13.8. The number of carbonyl (C=O) groups excluding carboxylic acids is 1. The first-order valence-electron chi connectivity index (χ1n) is 10.5. The fraction of sp³-hybridized carbons (Fsp3) is 0.500. The van der Waals surface area contributed by atoms with Gasteiger partial charge in [0.05, 0.1) is 0 Å². The largest absolute Gasteiger partial charge is 0.444 e. The third kappa shape index (κ3) is 6.29. The van der Waals surface area contributed by atoms with E-state index in [4.69, 9.17) is 4.74 Å². The van der Waals surface area contributed by atoms with E-state index in [1.165, 1.54) is 16.7 Å². The van der Waals surface area contributed by atoms with Crippen LogP contribution < -0.4 is 5.32 Å². The van der Waals surface area contributed by atoms with Gasteiger partial charge in [-0.3, -0.25) is 4.98 Å². The van der Waals surface area contributed by atoms with Gasteiger partial charge in [0, 0.05) is 38.1 Å². The van der Waals surface area contributed by atoms with E-state index >= 15 is 0 Å². The predicted octanol–water partition coefficient (Wildman–Crippen LogP) is 5.02. The fourth-order valence-electron chi connectivity index (χ4n) is 3.82. The van der Waals surface area contributed by atoms with Crippen molar-refractivity contribution in [1.82, 2.24) is 15.2 Å². The Morgan fingerprint density at radius 2 is 1.79 bits per heavy atom. The van der Waals surface area contributed by atoms with E-state index in [0.717, 1.165) is 32.2 Å². The van der Waals surface area contributed by atoms with E-state index in [1.807, 2.05) is 52.3 Å². The summed E-state index contributed by atoms with van der Waals surface area (Å²) < 4.78 is 5.50. The summed E-state index contributed by atoms with van der Waals surface area (Å²) in [5, 5.41) is 3.70. The van der Waals surface area contributed by atoms with Crippen LogP contribution >= 0.6 is 0 Å². The summed E-state index contributed by atoms with van der Waals surface area (Å²) in [4.78, 5) is 18.2. The number of rotatable bonds is 5. The number of pyridine rings is 1. The molecule has 2 aromatic rings. The molecule has 0 aliphatic heterocycles. The summed E-state index contributed by atoms with van der Waals surface area (Å²) in [5.74, 6) is 0. The molecule has 1 aromatic heterocycles. The average Bonchev–Trinajstić information content (AvgIpc) is 2.72. The molecule has 1 fully saturated rings. The smallest absolute Gasteiger partial charge is 0.410 e. The molecular formula is C24H33N3O2. The number of hydrogen-bond donors (Lipinski definition) is 1. The highest BCUT2D eigenvalue weighted by Gasteiger charge is 2.29. The minimum atomic E-state index is -0.450. The van der Waals surface area contributed by atoms with E-state index in [0.29, 0.717) is 6.04 Å². The van der Waals surface area contributed by atoms with Crippen molar-refractivity contribution in [1.29, 1.82) is 0 Å². The highest BCUT2D eigenvalue weighted by Crippen LogP contribution is 2.25.